The zero-order valence-corrected chi connectivity index (χ0v) is 18.2. The van der Waals surface area contributed by atoms with Crippen LogP contribution in [-0.4, -0.2) is 16.4 Å². The lowest BCUT2D eigenvalue weighted by atomic mass is 10.2. The summed E-state index contributed by atoms with van der Waals surface area (Å²) in [5.74, 6) is -0.221. The van der Waals surface area contributed by atoms with Crippen LogP contribution in [0.1, 0.15) is 45.5 Å². The highest BCUT2D eigenvalue weighted by Crippen LogP contribution is 2.25. The molecule has 0 aliphatic rings. The number of carbonyl (C=O) groups excluding carboxylic acids is 2. The van der Waals surface area contributed by atoms with E-state index in [-0.39, 0.29) is 11.8 Å². The van der Waals surface area contributed by atoms with Gasteiger partial charge in [0.25, 0.3) is 11.8 Å². The third-order valence-electron chi connectivity index (χ3n) is 5.17. The lowest BCUT2D eigenvalue weighted by Gasteiger charge is -2.11. The fraction of sp³-hybridized carbons (Fsp3) is 0.200. The van der Waals surface area contributed by atoms with Crippen LogP contribution in [0.5, 0.6) is 0 Å². The Kier molecular flexibility index (Phi) is 6.48. The molecule has 6 heteroatoms. The second kappa shape index (κ2) is 9.62. The Labute approximate surface area is 185 Å². The first-order valence-corrected chi connectivity index (χ1v) is 11.3. The molecule has 0 unspecified atom stereocenters. The van der Waals surface area contributed by atoms with Crippen LogP contribution in [0.15, 0.2) is 72.1 Å². The number of rotatable bonds is 8. The van der Waals surface area contributed by atoms with Crippen LogP contribution in [0.25, 0.3) is 10.9 Å². The second-order valence-electron chi connectivity index (χ2n) is 7.41. The van der Waals surface area contributed by atoms with Crippen LogP contribution in [0.2, 0.25) is 0 Å². The molecule has 31 heavy (non-hydrogen) atoms. The van der Waals surface area contributed by atoms with Gasteiger partial charge in [-0.15, -0.1) is 11.3 Å². The van der Waals surface area contributed by atoms with Crippen molar-refractivity contribution < 1.29 is 9.59 Å². The number of nitrogens with one attached hydrogen (secondary N) is 2. The minimum absolute atomic E-state index is 0.0969. The van der Waals surface area contributed by atoms with Crippen LogP contribution in [-0.2, 0) is 13.1 Å². The van der Waals surface area contributed by atoms with Gasteiger partial charge in [0.05, 0.1) is 4.88 Å². The van der Waals surface area contributed by atoms with Gasteiger partial charge in [-0.3, -0.25) is 9.59 Å². The van der Waals surface area contributed by atoms with Gasteiger partial charge < -0.3 is 15.2 Å². The molecule has 0 spiro atoms. The predicted molar refractivity (Wildman–Crippen MR) is 127 cm³/mol. The van der Waals surface area contributed by atoms with E-state index in [1.54, 1.807) is 6.07 Å². The normalized spacial score (nSPS) is 10.9. The molecule has 0 aliphatic carbocycles. The molecule has 4 aromatic rings. The van der Waals surface area contributed by atoms with Gasteiger partial charge in [-0.05, 0) is 47.7 Å². The standard InChI is InChI=1S/C25H25N3O2S/c1-2-3-13-28-21-12-11-20(27-25(30)23-10-7-14-31-23)15-19(21)16-22(28)24(29)26-17-18-8-5-4-6-9-18/h4-12,14-16H,2-3,13,17H2,1H3,(H,26,29)(H,27,30). The molecule has 2 N–H and O–H groups in total. The van der Waals surface area contributed by atoms with Crippen molar-refractivity contribution in [1.29, 1.82) is 0 Å². The number of hydrogen-bond acceptors (Lipinski definition) is 3. The van der Waals surface area contributed by atoms with Crippen molar-refractivity contribution in [2.75, 3.05) is 5.32 Å². The summed E-state index contributed by atoms with van der Waals surface area (Å²) in [6.07, 6.45) is 2.03. The summed E-state index contributed by atoms with van der Waals surface area (Å²) in [7, 11) is 0. The van der Waals surface area contributed by atoms with Gasteiger partial charge in [0, 0.05) is 29.7 Å². The number of aromatic nitrogens is 1. The molecule has 0 saturated carbocycles. The van der Waals surface area contributed by atoms with E-state index in [0.717, 1.165) is 41.5 Å². The molecule has 0 atom stereocenters. The predicted octanol–water partition coefficient (Wildman–Crippen LogP) is 5.69. The Morgan fingerprint density at radius 1 is 0.968 bits per heavy atom. The summed E-state index contributed by atoms with van der Waals surface area (Å²) < 4.78 is 2.07. The number of benzene rings is 2. The second-order valence-corrected chi connectivity index (χ2v) is 8.36. The largest absolute Gasteiger partial charge is 0.347 e. The zero-order chi connectivity index (χ0) is 21.6. The monoisotopic (exact) mass is 431 g/mol. The summed E-state index contributed by atoms with van der Waals surface area (Å²) in [6, 6.07) is 21.2. The van der Waals surface area contributed by atoms with E-state index >= 15 is 0 Å². The highest BCUT2D eigenvalue weighted by atomic mass is 32.1. The van der Waals surface area contributed by atoms with Crippen LogP contribution in [0.3, 0.4) is 0 Å². The van der Waals surface area contributed by atoms with E-state index in [4.69, 9.17) is 0 Å². The molecule has 158 valence electrons. The van der Waals surface area contributed by atoms with Crippen molar-refractivity contribution in [2.24, 2.45) is 0 Å². The third kappa shape index (κ3) is 4.86. The minimum Gasteiger partial charge on any atom is -0.347 e. The van der Waals surface area contributed by atoms with E-state index in [1.807, 2.05) is 66.0 Å². The third-order valence-corrected chi connectivity index (χ3v) is 6.04. The Morgan fingerprint density at radius 2 is 1.81 bits per heavy atom. The van der Waals surface area contributed by atoms with Crippen LogP contribution >= 0.6 is 11.3 Å². The highest BCUT2D eigenvalue weighted by Gasteiger charge is 2.16. The molecule has 2 heterocycles. The SMILES string of the molecule is CCCCn1c(C(=O)NCc2ccccc2)cc2cc(NC(=O)c3cccs3)ccc21. The van der Waals surface area contributed by atoms with Crippen molar-refractivity contribution in [1.82, 2.24) is 9.88 Å². The Hall–Kier alpha value is -3.38. The summed E-state index contributed by atoms with van der Waals surface area (Å²) in [4.78, 5) is 26.0. The number of hydrogen-bond donors (Lipinski definition) is 2. The van der Waals surface area contributed by atoms with Crippen molar-refractivity contribution in [3.05, 3.63) is 88.2 Å². The molecule has 2 aromatic carbocycles. The van der Waals surface area contributed by atoms with Gasteiger partial charge in [-0.1, -0.05) is 49.7 Å². The number of amides is 2. The Morgan fingerprint density at radius 3 is 2.55 bits per heavy atom. The number of fused-ring (bicyclic) bond motifs is 1. The van der Waals surface area contributed by atoms with Gasteiger partial charge in [0.15, 0.2) is 0 Å². The Balaban J connectivity index is 1.59. The zero-order valence-electron chi connectivity index (χ0n) is 17.4. The van der Waals surface area contributed by atoms with Gasteiger partial charge in [-0.25, -0.2) is 0 Å². The van der Waals surface area contributed by atoms with Gasteiger partial charge >= 0.3 is 0 Å². The maximum atomic E-state index is 13.0. The Bertz CT molecular complexity index is 1180. The van der Waals surface area contributed by atoms with Crippen LogP contribution in [0.4, 0.5) is 5.69 Å². The van der Waals surface area contributed by atoms with Crippen LogP contribution < -0.4 is 10.6 Å². The van der Waals surface area contributed by atoms with E-state index in [9.17, 15) is 9.59 Å². The average Bonchev–Trinajstić information content (AvgIpc) is 3.45. The van der Waals surface area contributed by atoms with E-state index < -0.39 is 0 Å². The van der Waals surface area contributed by atoms with E-state index in [1.165, 1.54) is 11.3 Å². The summed E-state index contributed by atoms with van der Waals surface area (Å²) in [5, 5.41) is 8.79. The van der Waals surface area contributed by atoms with Crippen LogP contribution in [0, 0.1) is 0 Å². The molecule has 4 rings (SSSR count). The van der Waals surface area contributed by atoms with E-state index in [0.29, 0.717) is 17.1 Å². The quantitative estimate of drug-likeness (QED) is 0.377. The first-order valence-electron chi connectivity index (χ1n) is 10.5. The molecule has 0 aliphatic heterocycles. The molecule has 2 amide bonds. The minimum atomic E-state index is -0.124. The van der Waals surface area contributed by atoms with Crippen molar-refractivity contribution in [2.45, 2.75) is 32.9 Å². The smallest absolute Gasteiger partial charge is 0.268 e. The maximum absolute atomic E-state index is 13.0. The molecule has 0 radical (unpaired) electrons. The number of carbonyl (C=O) groups is 2. The number of anilines is 1. The summed E-state index contributed by atoms with van der Waals surface area (Å²) in [6.45, 7) is 3.39. The topological polar surface area (TPSA) is 63.1 Å². The van der Waals surface area contributed by atoms with Gasteiger partial charge in [0.2, 0.25) is 0 Å². The molecule has 0 saturated heterocycles. The molecular formula is C25H25N3O2S. The molecule has 2 aromatic heterocycles. The fourth-order valence-corrected chi connectivity index (χ4v) is 4.18. The average molecular weight is 432 g/mol. The molecule has 5 nitrogen and oxygen atoms in total. The van der Waals surface area contributed by atoms with Gasteiger partial charge in [-0.2, -0.15) is 0 Å². The van der Waals surface area contributed by atoms with Crippen molar-refractivity contribution in [3.63, 3.8) is 0 Å². The first kappa shape index (κ1) is 20.9. The first-order chi connectivity index (χ1) is 15.2. The van der Waals surface area contributed by atoms with Crippen molar-refractivity contribution >= 4 is 39.7 Å². The number of thiophene rings is 1. The van der Waals surface area contributed by atoms with Gasteiger partial charge in [0.1, 0.15) is 5.69 Å². The summed E-state index contributed by atoms with van der Waals surface area (Å²) in [5.41, 5.74) is 3.41. The van der Waals surface area contributed by atoms with Crippen molar-refractivity contribution in [3.8, 4) is 0 Å². The summed E-state index contributed by atoms with van der Waals surface area (Å²) >= 11 is 1.41. The molecule has 0 bridgehead atoms. The number of nitrogens with zero attached hydrogens (tertiary/aromatic N) is 1. The maximum Gasteiger partial charge on any atom is 0.268 e. The number of unbranched alkanes of at least 4 members (excludes halogenated alkanes) is 1. The lowest BCUT2D eigenvalue weighted by molar-refractivity contribution is 0.0941. The number of aryl methyl sites for hydroxylation is 1. The lowest BCUT2D eigenvalue weighted by Crippen LogP contribution is -2.25. The molecular weight excluding hydrogens is 406 g/mol. The van der Waals surface area contributed by atoms with E-state index in [2.05, 4.69) is 22.1 Å². The molecule has 0 fully saturated rings. The fourth-order valence-electron chi connectivity index (χ4n) is 3.56. The highest BCUT2D eigenvalue weighted by molar-refractivity contribution is 7.12.